The van der Waals surface area contributed by atoms with Gasteiger partial charge in [0.05, 0.1) is 0 Å². The molecule has 0 aliphatic heterocycles. The van der Waals surface area contributed by atoms with E-state index in [2.05, 4.69) is 6.92 Å². The Bertz CT molecular complexity index is 129. The van der Waals surface area contributed by atoms with Crippen LogP contribution in [0.3, 0.4) is 0 Å². The Labute approximate surface area is 94.5 Å². The first kappa shape index (κ1) is 16.2. The van der Waals surface area contributed by atoms with Crippen LogP contribution in [0.2, 0.25) is 0 Å². The number of rotatable bonds is 8. The molecular formula is C10H20AlO3. The summed E-state index contributed by atoms with van der Waals surface area (Å²) in [6.07, 6.45) is 8.64. The summed E-state index contributed by atoms with van der Waals surface area (Å²) in [5.41, 5.74) is 0. The van der Waals surface area contributed by atoms with Crippen molar-refractivity contribution in [2.75, 3.05) is 0 Å². The van der Waals surface area contributed by atoms with Crippen molar-refractivity contribution in [1.29, 1.82) is 0 Å². The van der Waals surface area contributed by atoms with E-state index in [1.54, 1.807) is 0 Å². The van der Waals surface area contributed by atoms with Gasteiger partial charge in [-0.1, -0.05) is 45.4 Å². The van der Waals surface area contributed by atoms with Gasteiger partial charge in [-0.3, -0.25) is 4.79 Å². The predicted octanol–water partition coefficient (Wildman–Crippen LogP) is 2.71. The van der Waals surface area contributed by atoms with Crippen LogP contribution < -0.4 is 0 Å². The summed E-state index contributed by atoms with van der Waals surface area (Å²) in [5, 5.41) is 8.35. The van der Waals surface area contributed by atoms with E-state index in [9.17, 15) is 4.79 Å². The second-order valence-corrected chi connectivity index (χ2v) is 3.27. The molecule has 0 aromatic carbocycles. The van der Waals surface area contributed by atoms with E-state index in [1.807, 2.05) is 0 Å². The Hall–Kier alpha value is -0.198. The number of hydrogen-bond donors (Lipinski definition) is 1. The van der Waals surface area contributed by atoms with E-state index in [4.69, 9.17) is 8.91 Å². The van der Waals surface area contributed by atoms with E-state index >= 15 is 0 Å². The maximum absolute atomic E-state index is 10.1. The normalized spacial score (nSPS) is 8.86. The van der Waals surface area contributed by atoms with Crippen LogP contribution in [0, 0.1) is 0 Å². The van der Waals surface area contributed by atoms with Crippen molar-refractivity contribution in [3.63, 3.8) is 0 Å². The number of aliphatic carboxylic acids is 1. The first-order valence-electron chi connectivity index (χ1n) is 5.22. The van der Waals surface area contributed by atoms with Crippen molar-refractivity contribution >= 4 is 22.2 Å². The molecule has 0 aromatic rings. The summed E-state index contributed by atoms with van der Waals surface area (Å²) in [6, 6.07) is 0. The van der Waals surface area contributed by atoms with Crippen LogP contribution in [0.25, 0.3) is 0 Å². The van der Waals surface area contributed by atoms with E-state index < -0.39 is 5.97 Å². The molecule has 0 fully saturated rings. The number of hydrogen-bond acceptors (Lipinski definition) is 2. The number of unbranched alkanes of at least 4 members (excludes halogenated alkanes) is 6. The molecule has 0 saturated carbocycles. The van der Waals surface area contributed by atoms with Gasteiger partial charge < -0.3 is 5.11 Å². The van der Waals surface area contributed by atoms with Gasteiger partial charge in [-0.2, -0.15) is 0 Å². The average molecular weight is 215 g/mol. The average Bonchev–Trinajstić information content (AvgIpc) is 2.19. The molecule has 0 heterocycles. The Kier molecular flexibility index (Phi) is 17.7. The standard InChI is InChI=1S/C10H20O2.Al.O/c1-2-3-4-5-6-7-8-9-10(11)12;;/h2-9H2,1H3,(H,11,12);;. The molecule has 0 bridgehead atoms. The number of carboxylic acids is 1. The molecule has 14 heavy (non-hydrogen) atoms. The van der Waals surface area contributed by atoms with Crippen molar-refractivity contribution in [3.05, 3.63) is 0 Å². The molecule has 0 aliphatic carbocycles. The minimum absolute atomic E-state index is 0.341. The van der Waals surface area contributed by atoms with Gasteiger partial charge in [-0.05, 0) is 6.42 Å². The van der Waals surface area contributed by atoms with Crippen LogP contribution in [-0.4, -0.2) is 27.3 Å². The van der Waals surface area contributed by atoms with Gasteiger partial charge in [0.1, 0.15) is 0 Å². The molecule has 0 amide bonds. The zero-order valence-corrected chi connectivity index (χ0v) is 10.2. The molecule has 0 atom stereocenters. The molecule has 0 aliphatic rings. The molecule has 81 valence electrons. The monoisotopic (exact) mass is 215 g/mol. The molecule has 0 rings (SSSR count). The topological polar surface area (TPSA) is 54.4 Å². The SMILES string of the molecule is CCCCCCCCCC(=O)O.[O]=[Al]. The zero-order valence-electron chi connectivity index (χ0n) is 9.00. The fourth-order valence-corrected chi connectivity index (χ4v) is 1.23. The summed E-state index contributed by atoms with van der Waals surface area (Å²) in [5.74, 6) is -0.663. The fourth-order valence-electron chi connectivity index (χ4n) is 1.23. The van der Waals surface area contributed by atoms with E-state index in [0.29, 0.717) is 6.42 Å². The third-order valence-electron chi connectivity index (χ3n) is 1.99. The Morgan fingerprint density at radius 1 is 1.00 bits per heavy atom. The van der Waals surface area contributed by atoms with Crippen LogP contribution in [0.4, 0.5) is 0 Å². The van der Waals surface area contributed by atoms with Crippen LogP contribution in [-0.2, 0) is 8.60 Å². The molecule has 1 radical (unpaired) electrons. The first-order chi connectivity index (χ1) is 6.77. The molecule has 3 nitrogen and oxygen atoms in total. The van der Waals surface area contributed by atoms with Crippen molar-refractivity contribution in [3.8, 4) is 0 Å². The number of carbonyl (C=O) groups is 1. The van der Waals surface area contributed by atoms with E-state index in [0.717, 1.165) is 12.8 Å². The van der Waals surface area contributed by atoms with Gasteiger partial charge in [-0.25, -0.2) is 0 Å². The van der Waals surface area contributed by atoms with Gasteiger partial charge in [0.2, 0.25) is 0 Å². The van der Waals surface area contributed by atoms with E-state index in [1.165, 1.54) is 48.3 Å². The summed E-state index contributed by atoms with van der Waals surface area (Å²) < 4.78 is 8.17. The minimum atomic E-state index is -0.663. The third kappa shape index (κ3) is 17.8. The van der Waals surface area contributed by atoms with Crippen LogP contribution >= 0.6 is 0 Å². The van der Waals surface area contributed by atoms with E-state index in [-0.39, 0.29) is 0 Å². The first-order valence-corrected chi connectivity index (χ1v) is 5.70. The molecule has 0 unspecified atom stereocenters. The van der Waals surface area contributed by atoms with Crippen molar-refractivity contribution in [2.24, 2.45) is 0 Å². The maximum atomic E-state index is 10.1. The van der Waals surface area contributed by atoms with Crippen LogP contribution in [0.15, 0.2) is 0 Å². The quantitative estimate of drug-likeness (QED) is 0.500. The van der Waals surface area contributed by atoms with Gasteiger partial charge in [0.15, 0.2) is 0 Å². The summed E-state index contributed by atoms with van der Waals surface area (Å²) in [7, 11) is 0. The zero-order chi connectivity index (χ0) is 11.2. The Morgan fingerprint density at radius 2 is 1.43 bits per heavy atom. The Morgan fingerprint density at radius 3 is 1.86 bits per heavy atom. The van der Waals surface area contributed by atoms with Crippen LogP contribution in [0.5, 0.6) is 0 Å². The van der Waals surface area contributed by atoms with Gasteiger partial charge >= 0.3 is 26.0 Å². The number of carboxylic acid groups (broad SMARTS) is 1. The Balaban J connectivity index is 0. The van der Waals surface area contributed by atoms with Gasteiger partial charge in [0, 0.05) is 6.42 Å². The molecule has 0 spiro atoms. The second-order valence-electron chi connectivity index (χ2n) is 3.27. The summed E-state index contributed by atoms with van der Waals surface area (Å²) >= 11 is 1.17. The fraction of sp³-hybridized carbons (Fsp3) is 0.900. The van der Waals surface area contributed by atoms with Gasteiger partial charge in [-0.15, -0.1) is 0 Å². The van der Waals surface area contributed by atoms with Crippen LogP contribution in [0.1, 0.15) is 58.3 Å². The predicted molar refractivity (Wildman–Crippen MR) is 56.7 cm³/mol. The second kappa shape index (κ2) is 15.3. The van der Waals surface area contributed by atoms with Crippen molar-refractivity contribution in [1.82, 2.24) is 0 Å². The van der Waals surface area contributed by atoms with Gasteiger partial charge in [0.25, 0.3) is 0 Å². The van der Waals surface area contributed by atoms with Crippen molar-refractivity contribution in [2.45, 2.75) is 58.3 Å². The summed E-state index contributed by atoms with van der Waals surface area (Å²) in [6.45, 7) is 2.20. The third-order valence-corrected chi connectivity index (χ3v) is 1.99. The molecule has 0 aromatic heterocycles. The molecule has 0 saturated heterocycles. The van der Waals surface area contributed by atoms with Crippen molar-refractivity contribution < 1.29 is 13.7 Å². The molecular weight excluding hydrogens is 195 g/mol. The summed E-state index contributed by atoms with van der Waals surface area (Å²) in [4.78, 5) is 10.1. The molecule has 4 heteroatoms. The molecule has 1 N–H and O–H groups in total.